The van der Waals surface area contributed by atoms with Crippen LogP contribution in [0.1, 0.15) is 27.2 Å². The number of aliphatic hydroxyl groups is 1. The molecule has 0 rings (SSSR count). The summed E-state index contributed by atoms with van der Waals surface area (Å²) in [7, 11) is 0. The van der Waals surface area contributed by atoms with Crippen molar-refractivity contribution in [2.24, 2.45) is 11.8 Å². The lowest BCUT2D eigenvalue weighted by Gasteiger charge is -2.17. The lowest BCUT2D eigenvalue weighted by Crippen LogP contribution is -2.24. The number of aliphatic hydroxyl groups excluding tert-OH is 1. The van der Waals surface area contributed by atoms with Crippen molar-refractivity contribution in [1.82, 2.24) is 0 Å². The van der Waals surface area contributed by atoms with Gasteiger partial charge in [-0.2, -0.15) is 5.26 Å². The molecule has 2 atom stereocenters. The third-order valence-corrected chi connectivity index (χ3v) is 1.70. The molecule has 2 unspecified atom stereocenters. The van der Waals surface area contributed by atoms with Crippen LogP contribution in [0.4, 0.5) is 0 Å². The highest BCUT2D eigenvalue weighted by Gasteiger charge is 2.19. The van der Waals surface area contributed by atoms with Gasteiger partial charge in [-0.1, -0.05) is 20.8 Å². The Morgan fingerprint density at radius 2 is 2.00 bits per heavy atom. The topological polar surface area (TPSA) is 44.0 Å². The van der Waals surface area contributed by atoms with E-state index in [1.807, 2.05) is 20.8 Å². The van der Waals surface area contributed by atoms with Crippen LogP contribution in [0, 0.1) is 23.2 Å². The Balaban J connectivity index is 3.92. The Morgan fingerprint density at radius 3 is 2.10 bits per heavy atom. The Morgan fingerprint density at radius 1 is 1.50 bits per heavy atom. The molecule has 10 heavy (non-hydrogen) atoms. The predicted octanol–water partition coefficient (Wildman–Crippen LogP) is 1.55. The molecule has 0 aliphatic rings. The summed E-state index contributed by atoms with van der Waals surface area (Å²) in [6.07, 6.45) is 0.269. The van der Waals surface area contributed by atoms with E-state index in [4.69, 9.17) is 5.26 Å². The van der Waals surface area contributed by atoms with Crippen molar-refractivity contribution in [2.75, 3.05) is 0 Å². The number of hydrogen-bond donors (Lipinski definition) is 1. The second kappa shape index (κ2) is 4.29. The molecule has 0 bridgehead atoms. The van der Waals surface area contributed by atoms with Gasteiger partial charge in [0.05, 0.1) is 18.1 Å². The summed E-state index contributed by atoms with van der Waals surface area (Å²) in [4.78, 5) is 0. The van der Waals surface area contributed by atoms with E-state index in [2.05, 4.69) is 6.07 Å². The first-order valence-corrected chi connectivity index (χ1v) is 3.71. The zero-order valence-corrected chi connectivity index (χ0v) is 6.83. The molecular formula is C8H15NO. The molecule has 2 nitrogen and oxygen atoms in total. The van der Waals surface area contributed by atoms with Crippen molar-refractivity contribution >= 4 is 0 Å². The molecule has 0 aromatic heterocycles. The standard InChI is InChI=1S/C8H15NO/c1-4-7(5-9)8(10)6(2)3/h6-8,10H,4H2,1-3H3. The maximum atomic E-state index is 9.36. The zero-order chi connectivity index (χ0) is 8.15. The first kappa shape index (κ1) is 9.45. The van der Waals surface area contributed by atoms with Gasteiger partial charge in [0.25, 0.3) is 0 Å². The van der Waals surface area contributed by atoms with Gasteiger partial charge in [0.1, 0.15) is 0 Å². The van der Waals surface area contributed by atoms with E-state index < -0.39 is 6.10 Å². The molecule has 0 radical (unpaired) electrons. The number of rotatable bonds is 3. The van der Waals surface area contributed by atoms with E-state index in [1.165, 1.54) is 0 Å². The molecule has 0 saturated carbocycles. The summed E-state index contributed by atoms with van der Waals surface area (Å²) < 4.78 is 0. The van der Waals surface area contributed by atoms with E-state index in [0.29, 0.717) is 0 Å². The third-order valence-electron chi connectivity index (χ3n) is 1.70. The average Bonchev–Trinajstić information content (AvgIpc) is 1.90. The Bertz CT molecular complexity index is 126. The average molecular weight is 141 g/mol. The highest BCUT2D eigenvalue weighted by Crippen LogP contribution is 2.14. The Kier molecular flexibility index (Phi) is 4.06. The summed E-state index contributed by atoms with van der Waals surface area (Å²) in [5.41, 5.74) is 0. The summed E-state index contributed by atoms with van der Waals surface area (Å²) in [5.74, 6) is -0.00963. The highest BCUT2D eigenvalue weighted by molar-refractivity contribution is 4.88. The predicted molar refractivity (Wildman–Crippen MR) is 40.2 cm³/mol. The molecule has 0 aliphatic heterocycles. The normalized spacial score (nSPS) is 16.4. The van der Waals surface area contributed by atoms with Crippen LogP contribution in [0.5, 0.6) is 0 Å². The second-order valence-electron chi connectivity index (χ2n) is 2.88. The summed E-state index contributed by atoms with van der Waals surface area (Å²) >= 11 is 0. The van der Waals surface area contributed by atoms with Crippen LogP contribution >= 0.6 is 0 Å². The monoisotopic (exact) mass is 141 g/mol. The van der Waals surface area contributed by atoms with Crippen LogP contribution in [-0.2, 0) is 0 Å². The minimum Gasteiger partial charge on any atom is -0.391 e. The lowest BCUT2D eigenvalue weighted by molar-refractivity contribution is 0.0855. The molecule has 1 N–H and O–H groups in total. The van der Waals surface area contributed by atoms with Crippen LogP contribution in [0.2, 0.25) is 0 Å². The molecular weight excluding hydrogens is 126 g/mol. The first-order valence-electron chi connectivity index (χ1n) is 3.71. The van der Waals surface area contributed by atoms with E-state index >= 15 is 0 Å². The maximum absolute atomic E-state index is 9.36. The Labute approximate surface area is 62.5 Å². The lowest BCUT2D eigenvalue weighted by atomic mass is 9.93. The molecule has 0 aromatic carbocycles. The molecule has 0 amide bonds. The van der Waals surface area contributed by atoms with Crippen molar-refractivity contribution in [3.8, 4) is 6.07 Å². The van der Waals surface area contributed by atoms with Gasteiger partial charge in [-0.3, -0.25) is 0 Å². The highest BCUT2D eigenvalue weighted by atomic mass is 16.3. The second-order valence-corrected chi connectivity index (χ2v) is 2.88. The van der Waals surface area contributed by atoms with Gasteiger partial charge in [-0.05, 0) is 12.3 Å². The van der Waals surface area contributed by atoms with E-state index in [0.717, 1.165) is 6.42 Å². The Hall–Kier alpha value is -0.550. The zero-order valence-electron chi connectivity index (χ0n) is 6.83. The molecule has 58 valence electrons. The maximum Gasteiger partial charge on any atom is 0.0722 e. The largest absolute Gasteiger partial charge is 0.391 e. The summed E-state index contributed by atoms with van der Waals surface area (Å²) in [6, 6.07) is 2.08. The van der Waals surface area contributed by atoms with Crippen LogP contribution in [-0.4, -0.2) is 11.2 Å². The molecule has 0 saturated heterocycles. The van der Waals surface area contributed by atoms with Gasteiger partial charge in [-0.15, -0.1) is 0 Å². The van der Waals surface area contributed by atoms with Gasteiger partial charge in [0.2, 0.25) is 0 Å². The fourth-order valence-corrected chi connectivity index (χ4v) is 0.874. The smallest absolute Gasteiger partial charge is 0.0722 e. The number of nitrogens with zero attached hydrogens (tertiary/aromatic N) is 1. The van der Waals surface area contributed by atoms with Gasteiger partial charge in [0.15, 0.2) is 0 Å². The molecule has 2 heteroatoms. The fourth-order valence-electron chi connectivity index (χ4n) is 0.874. The van der Waals surface area contributed by atoms with Crippen molar-refractivity contribution < 1.29 is 5.11 Å². The minimum atomic E-state index is -0.463. The van der Waals surface area contributed by atoms with Crippen LogP contribution in [0.3, 0.4) is 0 Å². The van der Waals surface area contributed by atoms with Gasteiger partial charge in [-0.25, -0.2) is 0 Å². The van der Waals surface area contributed by atoms with Gasteiger partial charge < -0.3 is 5.11 Å². The molecule has 0 aliphatic carbocycles. The van der Waals surface area contributed by atoms with E-state index in [9.17, 15) is 5.11 Å². The number of nitriles is 1. The van der Waals surface area contributed by atoms with E-state index in [-0.39, 0.29) is 11.8 Å². The van der Waals surface area contributed by atoms with Gasteiger partial charge >= 0.3 is 0 Å². The first-order chi connectivity index (χ1) is 4.63. The van der Waals surface area contributed by atoms with Gasteiger partial charge in [0, 0.05) is 0 Å². The summed E-state index contributed by atoms with van der Waals surface area (Å²) in [6.45, 7) is 5.76. The SMILES string of the molecule is CCC(C#N)C(O)C(C)C. The quantitative estimate of drug-likeness (QED) is 0.648. The minimum absolute atomic E-state index is 0.185. The molecule has 0 fully saturated rings. The molecule has 0 heterocycles. The molecule has 0 spiro atoms. The van der Waals surface area contributed by atoms with Crippen LogP contribution in [0.15, 0.2) is 0 Å². The van der Waals surface area contributed by atoms with Crippen molar-refractivity contribution in [1.29, 1.82) is 5.26 Å². The number of hydrogen-bond acceptors (Lipinski definition) is 2. The van der Waals surface area contributed by atoms with Crippen LogP contribution < -0.4 is 0 Å². The van der Waals surface area contributed by atoms with Crippen molar-refractivity contribution in [3.63, 3.8) is 0 Å². The molecule has 0 aromatic rings. The van der Waals surface area contributed by atoms with Crippen LogP contribution in [0.25, 0.3) is 0 Å². The fraction of sp³-hybridized carbons (Fsp3) is 0.875. The summed E-state index contributed by atoms with van der Waals surface area (Å²) in [5, 5.41) is 17.9. The van der Waals surface area contributed by atoms with E-state index in [1.54, 1.807) is 0 Å². The van der Waals surface area contributed by atoms with Crippen molar-refractivity contribution in [3.05, 3.63) is 0 Å². The third kappa shape index (κ3) is 2.36. The van der Waals surface area contributed by atoms with Crippen molar-refractivity contribution in [2.45, 2.75) is 33.3 Å².